The Morgan fingerprint density at radius 2 is 2.12 bits per heavy atom. The summed E-state index contributed by atoms with van der Waals surface area (Å²) >= 11 is 6.44. The molecule has 1 aliphatic heterocycles. The number of alkyl halides is 2. The van der Waals surface area contributed by atoms with Crippen LogP contribution in [-0.4, -0.2) is 61.9 Å². The molecule has 1 fully saturated rings. The molecule has 10 nitrogen and oxygen atoms in total. The standard InChI is InChI=1S/C27H25ClF2N8O2/c1-3-24(39)38-9-8-18(13-38)37(2)23-7-5-20-25(36-23)27(33-15-32-20)35-16-4-6-22(19(28)10-16)40-14-17-11-31-12-21(34-17)26(29)30/h3-7,10-12,15,18,26H,1,8-9,13-14H2,2H3,(H,32,33,35)/t18-/m0/s1. The van der Waals surface area contributed by atoms with Gasteiger partial charge in [-0.1, -0.05) is 18.2 Å². The van der Waals surface area contributed by atoms with Crippen molar-refractivity contribution in [3.05, 3.63) is 78.1 Å². The lowest BCUT2D eigenvalue weighted by Crippen LogP contribution is -2.36. The summed E-state index contributed by atoms with van der Waals surface area (Å²) in [5, 5.41) is 3.53. The summed E-state index contributed by atoms with van der Waals surface area (Å²) in [6, 6.07) is 8.94. The van der Waals surface area contributed by atoms with Crippen LogP contribution in [0.1, 0.15) is 24.2 Å². The Labute approximate surface area is 233 Å². The summed E-state index contributed by atoms with van der Waals surface area (Å²) in [5.41, 5.74) is 1.69. The van der Waals surface area contributed by atoms with Crippen molar-refractivity contribution in [2.75, 3.05) is 30.4 Å². The van der Waals surface area contributed by atoms with Crippen molar-refractivity contribution in [1.29, 1.82) is 0 Å². The summed E-state index contributed by atoms with van der Waals surface area (Å²) in [7, 11) is 1.95. The van der Waals surface area contributed by atoms with Gasteiger partial charge in [0.1, 0.15) is 35.7 Å². The van der Waals surface area contributed by atoms with Gasteiger partial charge in [-0.15, -0.1) is 0 Å². The van der Waals surface area contributed by atoms with E-state index in [1.807, 2.05) is 19.2 Å². The number of nitrogens with zero attached hydrogens (tertiary/aromatic N) is 7. The Morgan fingerprint density at radius 1 is 1.27 bits per heavy atom. The Morgan fingerprint density at radius 3 is 2.90 bits per heavy atom. The third-order valence-corrected chi connectivity index (χ3v) is 6.82. The number of anilines is 3. The Bertz CT molecular complexity index is 1560. The second-order valence-electron chi connectivity index (χ2n) is 9.10. The number of carbonyl (C=O) groups excluding carboxylic acids is 1. The molecule has 4 heterocycles. The number of rotatable bonds is 9. The highest BCUT2D eigenvalue weighted by atomic mass is 35.5. The minimum atomic E-state index is -2.72. The number of fused-ring (bicyclic) bond motifs is 1. The summed E-state index contributed by atoms with van der Waals surface area (Å²) in [4.78, 5) is 37.0. The fraction of sp³-hybridized carbons (Fsp3) is 0.259. The fourth-order valence-electron chi connectivity index (χ4n) is 4.37. The van der Waals surface area contributed by atoms with Gasteiger partial charge in [-0.25, -0.2) is 28.7 Å². The number of hydrogen-bond donors (Lipinski definition) is 1. The summed E-state index contributed by atoms with van der Waals surface area (Å²) in [6.45, 7) is 4.76. The van der Waals surface area contributed by atoms with Crippen LogP contribution in [-0.2, 0) is 11.4 Å². The molecule has 3 aromatic heterocycles. The van der Waals surface area contributed by atoms with E-state index in [0.29, 0.717) is 46.4 Å². The highest BCUT2D eigenvalue weighted by molar-refractivity contribution is 6.32. The number of halogens is 3. The number of likely N-dealkylation sites (tertiary alicyclic amines) is 1. The van der Waals surface area contributed by atoms with Gasteiger partial charge in [-0.05, 0) is 42.8 Å². The highest BCUT2D eigenvalue weighted by Crippen LogP contribution is 2.31. The number of nitrogens with one attached hydrogen (secondary N) is 1. The number of ether oxygens (including phenoxy) is 1. The highest BCUT2D eigenvalue weighted by Gasteiger charge is 2.28. The Kier molecular flexibility index (Phi) is 7.96. The predicted octanol–water partition coefficient (Wildman–Crippen LogP) is 4.95. The zero-order valence-corrected chi connectivity index (χ0v) is 22.2. The van der Waals surface area contributed by atoms with Crippen molar-refractivity contribution in [2.45, 2.75) is 25.5 Å². The van der Waals surface area contributed by atoms with Gasteiger partial charge < -0.3 is 19.9 Å². The van der Waals surface area contributed by atoms with Crippen molar-refractivity contribution < 1.29 is 18.3 Å². The molecule has 0 radical (unpaired) electrons. The molecule has 40 heavy (non-hydrogen) atoms. The molecule has 0 bridgehead atoms. The van der Waals surface area contributed by atoms with Crippen molar-refractivity contribution >= 4 is 45.9 Å². The molecule has 5 rings (SSSR count). The van der Waals surface area contributed by atoms with Gasteiger partial charge >= 0.3 is 0 Å². The summed E-state index contributed by atoms with van der Waals surface area (Å²) in [5.74, 6) is 1.49. The van der Waals surface area contributed by atoms with Crippen molar-refractivity contribution in [3.8, 4) is 5.75 Å². The van der Waals surface area contributed by atoms with Crippen molar-refractivity contribution in [1.82, 2.24) is 29.8 Å². The molecule has 1 aliphatic rings. The van der Waals surface area contributed by atoms with E-state index in [4.69, 9.17) is 21.3 Å². The first-order chi connectivity index (χ1) is 19.3. The molecule has 0 spiro atoms. The molecule has 13 heteroatoms. The summed E-state index contributed by atoms with van der Waals surface area (Å²) < 4.78 is 31.4. The van der Waals surface area contributed by atoms with E-state index < -0.39 is 12.1 Å². The minimum Gasteiger partial charge on any atom is -0.486 e. The zero-order chi connectivity index (χ0) is 28.2. The lowest BCUT2D eigenvalue weighted by Gasteiger charge is -2.26. The average molecular weight is 567 g/mol. The van der Waals surface area contributed by atoms with Crippen LogP contribution in [0.25, 0.3) is 11.0 Å². The molecule has 1 N–H and O–H groups in total. The van der Waals surface area contributed by atoms with Crippen molar-refractivity contribution in [2.24, 2.45) is 0 Å². The van der Waals surface area contributed by atoms with Crippen LogP contribution in [0.2, 0.25) is 5.02 Å². The monoisotopic (exact) mass is 566 g/mol. The van der Waals surface area contributed by atoms with Gasteiger partial charge in [-0.2, -0.15) is 0 Å². The van der Waals surface area contributed by atoms with Gasteiger partial charge in [0.25, 0.3) is 6.43 Å². The van der Waals surface area contributed by atoms with E-state index in [1.165, 1.54) is 18.6 Å². The van der Waals surface area contributed by atoms with Gasteiger partial charge in [0.15, 0.2) is 5.82 Å². The van der Waals surface area contributed by atoms with Crippen LogP contribution >= 0.6 is 11.6 Å². The number of aromatic nitrogens is 5. The van der Waals surface area contributed by atoms with Gasteiger partial charge in [0, 0.05) is 31.9 Å². The van der Waals surface area contributed by atoms with Crippen LogP contribution in [0.15, 0.2) is 61.7 Å². The second kappa shape index (κ2) is 11.7. The molecule has 206 valence electrons. The van der Waals surface area contributed by atoms with E-state index in [9.17, 15) is 13.6 Å². The van der Waals surface area contributed by atoms with E-state index in [1.54, 1.807) is 23.1 Å². The number of hydrogen-bond acceptors (Lipinski definition) is 9. The van der Waals surface area contributed by atoms with Crippen LogP contribution in [0.4, 0.5) is 26.1 Å². The molecule has 4 aromatic rings. The van der Waals surface area contributed by atoms with Crippen LogP contribution < -0.4 is 15.0 Å². The quantitative estimate of drug-likeness (QED) is 0.281. The topological polar surface area (TPSA) is 109 Å². The first kappa shape index (κ1) is 27.1. The minimum absolute atomic E-state index is 0.0721. The number of pyridine rings is 1. The Hall–Kier alpha value is -4.45. The smallest absolute Gasteiger partial charge is 0.281 e. The van der Waals surface area contributed by atoms with Crippen LogP contribution in [0.3, 0.4) is 0 Å². The van der Waals surface area contributed by atoms with E-state index >= 15 is 0 Å². The first-order valence-corrected chi connectivity index (χ1v) is 12.7. The maximum atomic E-state index is 12.9. The van der Waals surface area contributed by atoms with Gasteiger partial charge in [0.2, 0.25) is 5.91 Å². The lowest BCUT2D eigenvalue weighted by atomic mass is 10.2. The first-order valence-electron chi connectivity index (χ1n) is 12.4. The van der Waals surface area contributed by atoms with E-state index in [2.05, 4.69) is 36.7 Å². The third kappa shape index (κ3) is 5.91. The van der Waals surface area contributed by atoms with Crippen LogP contribution in [0.5, 0.6) is 5.75 Å². The number of likely N-dealkylation sites (N-methyl/N-ethyl adjacent to an activating group) is 1. The number of carbonyl (C=O) groups is 1. The van der Waals surface area contributed by atoms with E-state index in [-0.39, 0.29) is 24.2 Å². The van der Waals surface area contributed by atoms with E-state index in [0.717, 1.165) is 18.4 Å². The Balaban J connectivity index is 1.31. The van der Waals surface area contributed by atoms with Gasteiger partial charge in [0.05, 0.1) is 28.6 Å². The van der Waals surface area contributed by atoms with Crippen LogP contribution in [0, 0.1) is 0 Å². The largest absolute Gasteiger partial charge is 0.486 e. The van der Waals surface area contributed by atoms with Gasteiger partial charge in [-0.3, -0.25) is 9.78 Å². The number of amides is 1. The molecule has 1 amide bonds. The molecular weight excluding hydrogens is 542 g/mol. The number of benzene rings is 1. The fourth-order valence-corrected chi connectivity index (χ4v) is 4.61. The third-order valence-electron chi connectivity index (χ3n) is 6.52. The SMILES string of the molecule is C=CC(=O)N1CC[C@H](N(C)c2ccc3ncnc(Nc4ccc(OCc5cncc(C(F)F)n5)c(Cl)c4)c3n2)C1. The molecular formula is C27H25ClF2N8O2. The normalized spacial score (nSPS) is 14.9. The molecule has 1 atom stereocenters. The van der Waals surface area contributed by atoms with Crippen molar-refractivity contribution in [3.63, 3.8) is 0 Å². The lowest BCUT2D eigenvalue weighted by molar-refractivity contribution is -0.125. The zero-order valence-electron chi connectivity index (χ0n) is 21.5. The maximum Gasteiger partial charge on any atom is 0.281 e. The predicted molar refractivity (Wildman–Crippen MR) is 147 cm³/mol. The molecule has 1 aromatic carbocycles. The molecule has 0 unspecified atom stereocenters. The maximum absolute atomic E-state index is 12.9. The average Bonchev–Trinajstić information content (AvgIpc) is 3.46. The molecule has 0 saturated carbocycles. The second-order valence-corrected chi connectivity index (χ2v) is 9.50. The molecule has 1 saturated heterocycles. The summed E-state index contributed by atoms with van der Waals surface area (Å²) in [6.07, 6.45) is 3.26. The molecule has 0 aliphatic carbocycles.